The Morgan fingerprint density at radius 3 is 1.77 bits per heavy atom. The summed E-state index contributed by atoms with van der Waals surface area (Å²) in [6, 6.07) is 75.5. The number of aromatic nitrogens is 1. The van der Waals surface area contributed by atoms with E-state index in [1.54, 1.807) is 0 Å². The Balaban J connectivity index is 1.01. The van der Waals surface area contributed by atoms with E-state index in [1.807, 2.05) is 0 Å². The van der Waals surface area contributed by atoms with E-state index in [0.717, 1.165) is 22.7 Å². The van der Waals surface area contributed by atoms with E-state index in [9.17, 15) is 0 Å². The Bertz CT molecular complexity index is 3120. The number of benzene rings is 9. The van der Waals surface area contributed by atoms with Gasteiger partial charge in [0.1, 0.15) is 0 Å². The zero-order valence-corrected chi connectivity index (χ0v) is 32.0. The smallest absolute Gasteiger partial charge is 0.0547 e. The molecule has 1 aromatic heterocycles. The maximum atomic E-state index is 2.42. The average molecular weight is 729 g/mol. The molecule has 0 atom stereocenters. The van der Waals surface area contributed by atoms with E-state index in [4.69, 9.17) is 0 Å². The molecule has 1 aliphatic rings. The zero-order chi connectivity index (χ0) is 38.1. The van der Waals surface area contributed by atoms with Crippen molar-refractivity contribution < 1.29 is 0 Å². The van der Waals surface area contributed by atoms with Gasteiger partial charge in [0, 0.05) is 38.9 Å². The molecular weight excluding hydrogens is 689 g/mol. The van der Waals surface area contributed by atoms with Crippen molar-refractivity contribution in [3.8, 4) is 39.1 Å². The molecule has 0 fully saturated rings. The lowest BCUT2D eigenvalue weighted by molar-refractivity contribution is 0.660. The van der Waals surface area contributed by atoms with Gasteiger partial charge in [-0.15, -0.1) is 0 Å². The maximum absolute atomic E-state index is 2.42. The van der Waals surface area contributed by atoms with Crippen LogP contribution in [0.2, 0.25) is 0 Å². The van der Waals surface area contributed by atoms with Crippen molar-refractivity contribution in [1.82, 2.24) is 4.57 Å². The predicted octanol–water partition coefficient (Wildman–Crippen LogP) is 15.0. The van der Waals surface area contributed by atoms with E-state index in [-0.39, 0.29) is 5.41 Å². The fourth-order valence-corrected chi connectivity index (χ4v) is 9.34. The molecule has 1 aliphatic carbocycles. The molecule has 0 saturated carbocycles. The van der Waals surface area contributed by atoms with Crippen LogP contribution in [0, 0.1) is 0 Å². The minimum Gasteiger partial charge on any atom is -0.310 e. The first-order valence-electron chi connectivity index (χ1n) is 19.8. The number of fused-ring (bicyclic) bond motifs is 8. The van der Waals surface area contributed by atoms with Crippen molar-refractivity contribution >= 4 is 49.6 Å². The van der Waals surface area contributed by atoms with Gasteiger partial charge in [-0.1, -0.05) is 153 Å². The van der Waals surface area contributed by atoms with Crippen LogP contribution in [0.3, 0.4) is 0 Å². The van der Waals surface area contributed by atoms with Crippen LogP contribution in [0.15, 0.2) is 206 Å². The summed E-state index contributed by atoms with van der Waals surface area (Å²) in [5.41, 5.74) is 17.2. The minimum atomic E-state index is -0.0765. The molecule has 0 radical (unpaired) electrons. The van der Waals surface area contributed by atoms with Crippen LogP contribution >= 0.6 is 0 Å². The van der Waals surface area contributed by atoms with E-state index < -0.39 is 0 Å². The summed E-state index contributed by atoms with van der Waals surface area (Å²) in [5, 5.41) is 5.05. The molecule has 0 bridgehead atoms. The van der Waals surface area contributed by atoms with Crippen LogP contribution in [0.1, 0.15) is 25.0 Å². The molecule has 1 heterocycles. The maximum Gasteiger partial charge on any atom is 0.0547 e. The minimum absolute atomic E-state index is 0.0765. The zero-order valence-electron chi connectivity index (χ0n) is 32.0. The Labute approximate surface area is 333 Å². The van der Waals surface area contributed by atoms with Gasteiger partial charge in [0.2, 0.25) is 0 Å². The van der Waals surface area contributed by atoms with Gasteiger partial charge < -0.3 is 9.47 Å². The highest BCUT2D eigenvalue weighted by molar-refractivity contribution is 6.22. The average Bonchev–Trinajstić information content (AvgIpc) is 3.73. The van der Waals surface area contributed by atoms with Gasteiger partial charge in [0.05, 0.1) is 11.0 Å². The lowest BCUT2D eigenvalue weighted by Crippen LogP contribution is -2.16. The van der Waals surface area contributed by atoms with E-state index in [2.05, 4.69) is 230 Å². The molecule has 0 aliphatic heterocycles. The second kappa shape index (κ2) is 13.0. The number of hydrogen-bond acceptors (Lipinski definition) is 1. The van der Waals surface area contributed by atoms with E-state index in [1.165, 1.54) is 77.1 Å². The van der Waals surface area contributed by atoms with Crippen LogP contribution in [0.5, 0.6) is 0 Å². The molecule has 57 heavy (non-hydrogen) atoms. The standard InChI is InChI=1S/C55H40N2/c1-55(2)50-20-12-11-19-47(50)48-32-31-45(36-51(48)55)56(42-16-7-4-8-17-42)43-27-23-39(24-28-43)41-26-33-52-49(35-41)54-46-18-10-9-15-40(46)25-34-53(54)57(52)44-29-21-38(22-30-44)37-13-5-3-6-14-37/h3-36H,1-2H3. The van der Waals surface area contributed by atoms with Gasteiger partial charge in [-0.2, -0.15) is 0 Å². The second-order valence-electron chi connectivity index (χ2n) is 15.8. The molecule has 9 aromatic carbocycles. The van der Waals surface area contributed by atoms with Crippen molar-refractivity contribution in [3.63, 3.8) is 0 Å². The van der Waals surface area contributed by atoms with E-state index in [0.29, 0.717) is 0 Å². The number of para-hydroxylation sites is 1. The number of hydrogen-bond donors (Lipinski definition) is 0. The van der Waals surface area contributed by atoms with Crippen molar-refractivity contribution in [3.05, 3.63) is 217 Å². The number of anilines is 3. The van der Waals surface area contributed by atoms with Gasteiger partial charge in [-0.25, -0.2) is 0 Å². The molecule has 0 N–H and O–H groups in total. The topological polar surface area (TPSA) is 8.17 Å². The summed E-state index contributed by atoms with van der Waals surface area (Å²) in [6.07, 6.45) is 0. The van der Waals surface area contributed by atoms with E-state index >= 15 is 0 Å². The molecule has 11 rings (SSSR count). The predicted molar refractivity (Wildman–Crippen MR) is 241 cm³/mol. The molecular formula is C55H40N2. The molecule has 2 heteroatoms. The van der Waals surface area contributed by atoms with Crippen LogP contribution in [-0.4, -0.2) is 4.57 Å². The summed E-state index contributed by atoms with van der Waals surface area (Å²) >= 11 is 0. The first-order chi connectivity index (χ1) is 28.0. The second-order valence-corrected chi connectivity index (χ2v) is 15.8. The summed E-state index contributed by atoms with van der Waals surface area (Å²) in [6.45, 7) is 4.70. The lowest BCUT2D eigenvalue weighted by atomic mass is 9.82. The largest absolute Gasteiger partial charge is 0.310 e. The van der Waals surface area contributed by atoms with Crippen LogP contribution in [0.4, 0.5) is 17.1 Å². The fraction of sp³-hybridized carbons (Fsp3) is 0.0545. The molecule has 10 aromatic rings. The quantitative estimate of drug-likeness (QED) is 0.165. The van der Waals surface area contributed by atoms with Crippen LogP contribution in [0.25, 0.3) is 71.6 Å². The van der Waals surface area contributed by atoms with Crippen molar-refractivity contribution in [2.75, 3.05) is 4.90 Å². The van der Waals surface area contributed by atoms with Gasteiger partial charge in [0.25, 0.3) is 0 Å². The summed E-state index contributed by atoms with van der Waals surface area (Å²) < 4.78 is 2.42. The molecule has 0 spiro atoms. The third-order valence-electron chi connectivity index (χ3n) is 12.2. The van der Waals surface area contributed by atoms with Gasteiger partial charge in [0.15, 0.2) is 0 Å². The molecule has 0 unspecified atom stereocenters. The fourth-order valence-electron chi connectivity index (χ4n) is 9.34. The monoisotopic (exact) mass is 728 g/mol. The highest BCUT2D eigenvalue weighted by Gasteiger charge is 2.35. The van der Waals surface area contributed by atoms with Crippen LogP contribution in [-0.2, 0) is 5.41 Å². The Morgan fingerprint density at radius 1 is 0.386 bits per heavy atom. The van der Waals surface area contributed by atoms with Gasteiger partial charge >= 0.3 is 0 Å². The number of nitrogens with zero attached hydrogens (tertiary/aromatic N) is 2. The Hall–Kier alpha value is -7.16. The Kier molecular flexibility index (Phi) is 7.55. The summed E-state index contributed by atoms with van der Waals surface area (Å²) in [4.78, 5) is 2.38. The molecule has 0 amide bonds. The summed E-state index contributed by atoms with van der Waals surface area (Å²) in [5.74, 6) is 0. The third kappa shape index (κ3) is 5.33. The lowest BCUT2D eigenvalue weighted by Gasteiger charge is -2.28. The number of rotatable bonds is 6. The van der Waals surface area contributed by atoms with Gasteiger partial charge in [-0.05, 0) is 122 Å². The normalized spacial score (nSPS) is 12.9. The first-order valence-corrected chi connectivity index (χ1v) is 19.8. The molecule has 0 saturated heterocycles. The molecule has 2 nitrogen and oxygen atoms in total. The third-order valence-corrected chi connectivity index (χ3v) is 12.2. The highest BCUT2D eigenvalue weighted by Crippen LogP contribution is 2.50. The Morgan fingerprint density at radius 2 is 0.965 bits per heavy atom. The van der Waals surface area contributed by atoms with Crippen LogP contribution < -0.4 is 4.90 Å². The first kappa shape index (κ1) is 33.2. The SMILES string of the molecule is CC1(C)c2ccccc2-c2ccc(N(c3ccccc3)c3ccc(-c4ccc5c(c4)c4c6ccccc6ccc4n5-c4ccc(-c5ccccc5)cc4)cc3)cc21. The van der Waals surface area contributed by atoms with Crippen molar-refractivity contribution in [2.24, 2.45) is 0 Å². The van der Waals surface area contributed by atoms with Crippen molar-refractivity contribution in [2.45, 2.75) is 19.3 Å². The molecule has 270 valence electrons. The summed E-state index contributed by atoms with van der Waals surface area (Å²) in [7, 11) is 0. The highest BCUT2D eigenvalue weighted by atomic mass is 15.1. The van der Waals surface area contributed by atoms with Crippen molar-refractivity contribution in [1.29, 1.82) is 0 Å². The van der Waals surface area contributed by atoms with Gasteiger partial charge in [-0.3, -0.25) is 0 Å².